The Bertz CT molecular complexity index is 743. The van der Waals surface area contributed by atoms with E-state index < -0.39 is 6.04 Å². The maximum absolute atomic E-state index is 12.5. The molecule has 25 heavy (non-hydrogen) atoms. The molecule has 0 aliphatic heterocycles. The topological polar surface area (TPSA) is 67.4 Å². The van der Waals surface area contributed by atoms with Crippen molar-refractivity contribution in [2.75, 3.05) is 12.4 Å². The number of hydrogen-bond acceptors (Lipinski definition) is 4. The molecule has 1 aromatic heterocycles. The monoisotopic (exact) mass is 358 g/mol. The molecule has 6 heteroatoms. The minimum atomic E-state index is -0.396. The van der Waals surface area contributed by atoms with Crippen molar-refractivity contribution in [3.63, 3.8) is 0 Å². The molecule has 1 aliphatic carbocycles. The van der Waals surface area contributed by atoms with Crippen LogP contribution < -0.4 is 10.6 Å². The lowest BCUT2D eigenvalue weighted by Gasteiger charge is -2.21. The lowest BCUT2D eigenvalue weighted by molar-refractivity contribution is -0.141. The van der Waals surface area contributed by atoms with Crippen molar-refractivity contribution in [2.45, 2.75) is 38.1 Å². The summed E-state index contributed by atoms with van der Waals surface area (Å²) in [7, 11) is 1.35. The van der Waals surface area contributed by atoms with Crippen LogP contribution in [0.3, 0.4) is 0 Å². The zero-order valence-electron chi connectivity index (χ0n) is 14.2. The molecule has 1 atom stereocenters. The first kappa shape index (κ1) is 17.5. The molecule has 0 saturated carbocycles. The van der Waals surface area contributed by atoms with Crippen LogP contribution >= 0.6 is 11.3 Å². The predicted octanol–water partition coefficient (Wildman–Crippen LogP) is 4.05. The second-order valence-electron chi connectivity index (χ2n) is 6.10. The van der Waals surface area contributed by atoms with Gasteiger partial charge in [0.1, 0.15) is 0 Å². The van der Waals surface area contributed by atoms with Crippen molar-refractivity contribution in [1.82, 2.24) is 5.32 Å². The third-order valence-corrected chi connectivity index (χ3v) is 5.42. The number of methoxy groups -OCH3 is 1. The second-order valence-corrected chi connectivity index (χ2v) is 7.08. The molecule has 0 spiro atoms. The van der Waals surface area contributed by atoms with Crippen molar-refractivity contribution in [2.24, 2.45) is 0 Å². The number of amides is 2. The Morgan fingerprint density at radius 3 is 2.80 bits per heavy atom. The summed E-state index contributed by atoms with van der Waals surface area (Å²) in [5.74, 6) is -0.351. The van der Waals surface area contributed by atoms with E-state index in [1.54, 1.807) is 0 Å². The average Bonchev–Trinajstić information content (AvgIpc) is 3.16. The number of thiophene rings is 1. The van der Waals surface area contributed by atoms with Gasteiger partial charge in [0.2, 0.25) is 0 Å². The fraction of sp³-hybridized carbons (Fsp3) is 0.368. The molecule has 3 rings (SSSR count). The van der Waals surface area contributed by atoms with Gasteiger partial charge >= 0.3 is 12.0 Å². The van der Waals surface area contributed by atoms with E-state index in [9.17, 15) is 9.59 Å². The van der Waals surface area contributed by atoms with Gasteiger partial charge in [-0.2, -0.15) is 0 Å². The first-order valence-electron chi connectivity index (χ1n) is 8.46. The van der Waals surface area contributed by atoms with Gasteiger partial charge < -0.3 is 15.4 Å². The van der Waals surface area contributed by atoms with Crippen LogP contribution in [0.1, 0.15) is 41.3 Å². The van der Waals surface area contributed by atoms with E-state index >= 15 is 0 Å². The van der Waals surface area contributed by atoms with Crippen LogP contribution in [-0.2, 0) is 22.4 Å². The van der Waals surface area contributed by atoms with Crippen LogP contribution in [0.4, 0.5) is 10.5 Å². The standard InChI is InChI=1S/C19H22N2O3S/c1-24-18(22)12-16(17-10-5-11-25-17)21-19(23)20-15-9-4-7-13-6-2-3-8-14(13)15/h4-5,7,9-11,16H,2-3,6,8,12H2,1H3,(H2,20,21,23)/t16-/m1/s1. The van der Waals surface area contributed by atoms with E-state index in [-0.39, 0.29) is 18.4 Å². The number of benzene rings is 1. The van der Waals surface area contributed by atoms with Crippen molar-refractivity contribution in [3.8, 4) is 0 Å². The van der Waals surface area contributed by atoms with Crippen LogP contribution in [0.25, 0.3) is 0 Å². The third-order valence-electron chi connectivity index (χ3n) is 4.43. The molecule has 0 bridgehead atoms. The van der Waals surface area contributed by atoms with Crippen LogP contribution in [0, 0.1) is 0 Å². The van der Waals surface area contributed by atoms with E-state index in [1.165, 1.54) is 36.0 Å². The number of carbonyl (C=O) groups excluding carboxylic acids is 2. The fourth-order valence-electron chi connectivity index (χ4n) is 3.18. The largest absolute Gasteiger partial charge is 0.469 e. The van der Waals surface area contributed by atoms with Gasteiger partial charge in [0.05, 0.1) is 19.6 Å². The molecule has 5 nitrogen and oxygen atoms in total. The zero-order chi connectivity index (χ0) is 17.6. The smallest absolute Gasteiger partial charge is 0.319 e. The summed E-state index contributed by atoms with van der Waals surface area (Å²) in [4.78, 5) is 25.1. The second kappa shape index (κ2) is 8.16. The summed E-state index contributed by atoms with van der Waals surface area (Å²) >= 11 is 1.50. The summed E-state index contributed by atoms with van der Waals surface area (Å²) in [5, 5.41) is 7.78. The number of urea groups is 1. The number of hydrogen-bond donors (Lipinski definition) is 2. The van der Waals surface area contributed by atoms with Crippen LogP contribution in [0.2, 0.25) is 0 Å². The van der Waals surface area contributed by atoms with E-state index in [4.69, 9.17) is 4.74 Å². The molecule has 0 radical (unpaired) electrons. The molecule has 0 unspecified atom stereocenters. The van der Waals surface area contributed by atoms with Gasteiger partial charge in [-0.25, -0.2) is 4.79 Å². The predicted molar refractivity (Wildman–Crippen MR) is 98.9 cm³/mol. The molecule has 1 heterocycles. The molecule has 0 saturated heterocycles. The number of esters is 1. The van der Waals surface area contributed by atoms with E-state index in [1.807, 2.05) is 29.6 Å². The molecule has 2 N–H and O–H groups in total. The Morgan fingerprint density at radius 2 is 2.04 bits per heavy atom. The van der Waals surface area contributed by atoms with Gasteiger partial charge in [-0.05, 0) is 54.3 Å². The number of rotatable bonds is 5. The van der Waals surface area contributed by atoms with Gasteiger partial charge in [0.15, 0.2) is 0 Å². The third kappa shape index (κ3) is 4.39. The maximum atomic E-state index is 12.5. The SMILES string of the molecule is COC(=O)C[C@@H](NC(=O)Nc1cccc2c1CCCC2)c1cccs1. The van der Waals surface area contributed by atoms with Crippen molar-refractivity contribution in [1.29, 1.82) is 0 Å². The Hall–Kier alpha value is -2.34. The number of anilines is 1. The number of fused-ring (bicyclic) bond motifs is 1. The van der Waals surface area contributed by atoms with Crippen molar-refractivity contribution in [3.05, 3.63) is 51.7 Å². The Balaban J connectivity index is 1.71. The minimum absolute atomic E-state index is 0.108. The van der Waals surface area contributed by atoms with Crippen LogP contribution in [0.15, 0.2) is 35.7 Å². The maximum Gasteiger partial charge on any atom is 0.319 e. The minimum Gasteiger partial charge on any atom is -0.469 e. The molecule has 2 amide bonds. The quantitative estimate of drug-likeness (QED) is 0.792. The summed E-state index contributed by atoms with van der Waals surface area (Å²) in [6, 6.07) is 9.15. The molecule has 1 aliphatic rings. The molecule has 1 aromatic carbocycles. The molecule has 132 valence electrons. The first-order valence-corrected chi connectivity index (χ1v) is 9.34. The van der Waals surface area contributed by atoms with Crippen LogP contribution in [0.5, 0.6) is 0 Å². The summed E-state index contributed by atoms with van der Waals surface area (Å²) in [6.45, 7) is 0. The molecular formula is C19H22N2O3S. The number of nitrogens with one attached hydrogen (secondary N) is 2. The summed E-state index contributed by atoms with van der Waals surface area (Å²) in [5.41, 5.74) is 3.40. The lowest BCUT2D eigenvalue weighted by Crippen LogP contribution is -2.34. The number of aryl methyl sites for hydroxylation is 1. The highest BCUT2D eigenvalue weighted by Gasteiger charge is 2.21. The molecule has 0 fully saturated rings. The molecular weight excluding hydrogens is 336 g/mol. The van der Waals surface area contributed by atoms with Gasteiger partial charge in [-0.1, -0.05) is 18.2 Å². The van der Waals surface area contributed by atoms with E-state index in [0.29, 0.717) is 0 Å². The van der Waals surface area contributed by atoms with Gasteiger partial charge in [-0.3, -0.25) is 4.79 Å². The van der Waals surface area contributed by atoms with E-state index in [2.05, 4.69) is 16.7 Å². The normalized spacial score (nSPS) is 14.3. The Labute approximate surface area is 151 Å². The molecule has 2 aromatic rings. The van der Waals surface area contributed by atoms with Crippen LogP contribution in [-0.4, -0.2) is 19.1 Å². The van der Waals surface area contributed by atoms with E-state index in [0.717, 1.165) is 29.8 Å². The highest BCUT2D eigenvalue weighted by molar-refractivity contribution is 7.10. The van der Waals surface area contributed by atoms with Crippen molar-refractivity contribution >= 4 is 29.0 Å². The fourth-order valence-corrected chi connectivity index (χ4v) is 3.96. The lowest BCUT2D eigenvalue weighted by atomic mass is 9.90. The number of ether oxygens (including phenoxy) is 1. The average molecular weight is 358 g/mol. The van der Waals surface area contributed by atoms with Gasteiger partial charge in [0.25, 0.3) is 0 Å². The Morgan fingerprint density at radius 1 is 1.20 bits per heavy atom. The van der Waals surface area contributed by atoms with Gasteiger partial charge in [0, 0.05) is 10.6 Å². The highest BCUT2D eigenvalue weighted by Crippen LogP contribution is 2.28. The van der Waals surface area contributed by atoms with Gasteiger partial charge in [-0.15, -0.1) is 11.3 Å². The van der Waals surface area contributed by atoms with Crippen molar-refractivity contribution < 1.29 is 14.3 Å². The first-order chi connectivity index (χ1) is 12.2. The summed E-state index contributed by atoms with van der Waals surface area (Å²) < 4.78 is 4.75. The summed E-state index contributed by atoms with van der Waals surface area (Å²) in [6.07, 6.45) is 4.50. The zero-order valence-corrected chi connectivity index (χ0v) is 15.0. The number of carbonyl (C=O) groups is 2. The highest BCUT2D eigenvalue weighted by atomic mass is 32.1. The Kier molecular flexibility index (Phi) is 5.71.